The maximum absolute atomic E-state index is 13.7. The Morgan fingerprint density at radius 1 is 1.17 bits per heavy atom. The van der Waals surface area contributed by atoms with Crippen LogP contribution in [0.15, 0.2) is 45.3 Å². The van der Waals surface area contributed by atoms with Gasteiger partial charge in [-0.2, -0.15) is 0 Å². The first-order chi connectivity index (χ1) is 8.68. The van der Waals surface area contributed by atoms with Gasteiger partial charge < -0.3 is 4.98 Å². The van der Waals surface area contributed by atoms with E-state index in [1.165, 1.54) is 29.5 Å². The lowest BCUT2D eigenvalue weighted by Crippen LogP contribution is -2.33. The van der Waals surface area contributed by atoms with Crippen molar-refractivity contribution in [3.8, 4) is 5.00 Å². The highest BCUT2D eigenvalue weighted by Gasteiger charge is 2.12. The summed E-state index contributed by atoms with van der Waals surface area (Å²) >= 11 is 1.24. The van der Waals surface area contributed by atoms with Crippen molar-refractivity contribution in [3.05, 3.63) is 62.4 Å². The average Bonchev–Trinajstić information content (AvgIpc) is 2.82. The first-order valence-corrected chi connectivity index (χ1v) is 6.04. The van der Waals surface area contributed by atoms with Crippen LogP contribution in [0.1, 0.15) is 0 Å². The largest absolute Gasteiger partial charge is 0.334 e. The van der Waals surface area contributed by atoms with Gasteiger partial charge in [0.1, 0.15) is 10.8 Å². The van der Waals surface area contributed by atoms with E-state index < -0.39 is 17.1 Å². The third kappa shape index (κ3) is 1.50. The topological polar surface area (TPSA) is 54.9 Å². The average molecular weight is 262 g/mol. The summed E-state index contributed by atoms with van der Waals surface area (Å²) in [4.78, 5) is 26.5. The molecule has 6 heteroatoms. The van der Waals surface area contributed by atoms with Gasteiger partial charge in [-0.15, -0.1) is 11.3 Å². The van der Waals surface area contributed by atoms with Crippen LogP contribution in [0.25, 0.3) is 15.9 Å². The van der Waals surface area contributed by atoms with Gasteiger partial charge in [-0.3, -0.25) is 4.79 Å². The molecule has 0 aliphatic rings. The number of H-pyrrole nitrogens is 1. The number of rotatable bonds is 1. The van der Waals surface area contributed by atoms with Gasteiger partial charge in [0.25, 0.3) is 5.56 Å². The van der Waals surface area contributed by atoms with Crippen molar-refractivity contribution >= 4 is 22.2 Å². The standard InChI is InChI=1S/C12H7FN2O2S/c13-7-3-1-4-8-10(7)11(16)15(12(17)14-8)9-5-2-6-18-9/h1-6H,(H,14,17). The number of halogens is 1. The van der Waals surface area contributed by atoms with E-state index in [2.05, 4.69) is 4.98 Å². The van der Waals surface area contributed by atoms with E-state index in [-0.39, 0.29) is 10.9 Å². The highest BCUT2D eigenvalue weighted by Crippen LogP contribution is 2.14. The van der Waals surface area contributed by atoms with E-state index in [4.69, 9.17) is 0 Å². The molecule has 0 aliphatic carbocycles. The first-order valence-electron chi connectivity index (χ1n) is 5.16. The fourth-order valence-corrected chi connectivity index (χ4v) is 2.54. The van der Waals surface area contributed by atoms with Crippen LogP contribution in [0.2, 0.25) is 0 Å². The van der Waals surface area contributed by atoms with Crippen LogP contribution in [-0.4, -0.2) is 9.55 Å². The molecule has 0 bridgehead atoms. The third-order valence-corrected chi connectivity index (χ3v) is 3.46. The molecule has 3 rings (SSSR count). The van der Waals surface area contributed by atoms with Crippen LogP contribution >= 0.6 is 11.3 Å². The smallest absolute Gasteiger partial charge is 0.306 e. The number of nitrogens with zero attached hydrogens (tertiary/aromatic N) is 1. The lowest BCUT2D eigenvalue weighted by molar-refractivity contribution is 0.637. The molecule has 0 spiro atoms. The number of aromatic nitrogens is 2. The number of nitrogens with one attached hydrogen (secondary N) is 1. The maximum atomic E-state index is 13.7. The zero-order valence-electron chi connectivity index (χ0n) is 9.01. The van der Waals surface area contributed by atoms with Gasteiger partial charge in [-0.25, -0.2) is 13.8 Å². The molecule has 1 aromatic carbocycles. The molecule has 18 heavy (non-hydrogen) atoms. The van der Waals surface area contributed by atoms with Gasteiger partial charge in [-0.1, -0.05) is 6.07 Å². The van der Waals surface area contributed by atoms with Gasteiger partial charge in [0.15, 0.2) is 0 Å². The van der Waals surface area contributed by atoms with Gasteiger partial charge in [0.05, 0.1) is 10.9 Å². The lowest BCUT2D eigenvalue weighted by atomic mass is 10.2. The molecule has 3 aromatic rings. The van der Waals surface area contributed by atoms with E-state index in [0.29, 0.717) is 5.00 Å². The molecular formula is C12H7FN2O2S. The summed E-state index contributed by atoms with van der Waals surface area (Å²) in [6.45, 7) is 0. The summed E-state index contributed by atoms with van der Waals surface area (Å²) in [5.41, 5.74) is -1.01. The summed E-state index contributed by atoms with van der Waals surface area (Å²) in [6, 6.07) is 7.49. The Morgan fingerprint density at radius 2 is 2.00 bits per heavy atom. The van der Waals surface area contributed by atoms with Crippen LogP contribution in [0.3, 0.4) is 0 Å². The number of hydrogen-bond donors (Lipinski definition) is 1. The molecule has 90 valence electrons. The normalized spacial score (nSPS) is 10.9. The highest BCUT2D eigenvalue weighted by atomic mass is 32.1. The predicted molar refractivity (Wildman–Crippen MR) is 68.0 cm³/mol. The number of hydrogen-bond acceptors (Lipinski definition) is 3. The zero-order valence-corrected chi connectivity index (χ0v) is 9.83. The Balaban J connectivity index is 2.52. The Kier molecular flexibility index (Phi) is 2.38. The van der Waals surface area contributed by atoms with Crippen molar-refractivity contribution in [3.63, 3.8) is 0 Å². The number of thiophene rings is 1. The number of aromatic amines is 1. The molecular weight excluding hydrogens is 255 g/mol. The van der Waals surface area contributed by atoms with E-state index in [1.54, 1.807) is 17.5 Å². The Hall–Kier alpha value is -2.21. The van der Waals surface area contributed by atoms with E-state index in [0.717, 1.165) is 4.57 Å². The Bertz CT molecular complexity index is 833. The molecule has 0 radical (unpaired) electrons. The molecule has 0 aliphatic heterocycles. The Morgan fingerprint density at radius 3 is 2.72 bits per heavy atom. The van der Waals surface area contributed by atoms with Crippen LogP contribution in [0, 0.1) is 5.82 Å². The predicted octanol–water partition coefficient (Wildman–Crippen LogP) is 1.88. The van der Waals surface area contributed by atoms with Crippen molar-refractivity contribution in [2.24, 2.45) is 0 Å². The first kappa shape index (κ1) is 10.9. The van der Waals surface area contributed by atoms with Crippen LogP contribution in [0.4, 0.5) is 4.39 Å². The summed E-state index contributed by atoms with van der Waals surface area (Å²) < 4.78 is 14.6. The monoisotopic (exact) mass is 262 g/mol. The molecule has 0 saturated carbocycles. The van der Waals surface area contributed by atoms with E-state index >= 15 is 0 Å². The van der Waals surface area contributed by atoms with E-state index in [9.17, 15) is 14.0 Å². The summed E-state index contributed by atoms with van der Waals surface area (Å²) in [7, 11) is 0. The second-order valence-electron chi connectivity index (χ2n) is 3.68. The van der Waals surface area contributed by atoms with Crippen molar-refractivity contribution in [2.45, 2.75) is 0 Å². The third-order valence-electron chi connectivity index (χ3n) is 2.60. The van der Waals surface area contributed by atoms with Crippen molar-refractivity contribution < 1.29 is 4.39 Å². The highest BCUT2D eigenvalue weighted by molar-refractivity contribution is 7.12. The zero-order chi connectivity index (χ0) is 12.7. The molecule has 0 unspecified atom stereocenters. The van der Waals surface area contributed by atoms with Gasteiger partial charge >= 0.3 is 5.69 Å². The molecule has 2 heterocycles. The molecule has 0 fully saturated rings. The fraction of sp³-hybridized carbons (Fsp3) is 0. The second kappa shape index (κ2) is 3.92. The minimum Gasteiger partial charge on any atom is -0.306 e. The number of fused-ring (bicyclic) bond motifs is 1. The minimum atomic E-state index is -0.644. The van der Waals surface area contributed by atoms with Crippen LogP contribution in [-0.2, 0) is 0 Å². The van der Waals surface area contributed by atoms with Crippen molar-refractivity contribution in [2.75, 3.05) is 0 Å². The molecule has 4 nitrogen and oxygen atoms in total. The summed E-state index contributed by atoms with van der Waals surface area (Å²) in [5, 5.41) is 2.10. The summed E-state index contributed by atoms with van der Waals surface area (Å²) in [5.74, 6) is -0.640. The lowest BCUT2D eigenvalue weighted by Gasteiger charge is -2.04. The number of benzene rings is 1. The molecule has 0 saturated heterocycles. The quantitative estimate of drug-likeness (QED) is 0.728. The SMILES string of the molecule is O=c1[nH]c2cccc(F)c2c(=O)n1-c1cccs1. The fourth-order valence-electron chi connectivity index (χ4n) is 1.82. The van der Waals surface area contributed by atoms with Gasteiger partial charge in [-0.05, 0) is 29.6 Å². The molecule has 1 N–H and O–H groups in total. The molecule has 2 aromatic heterocycles. The van der Waals surface area contributed by atoms with Gasteiger partial charge in [0, 0.05) is 0 Å². The van der Waals surface area contributed by atoms with Crippen molar-refractivity contribution in [1.82, 2.24) is 9.55 Å². The van der Waals surface area contributed by atoms with Crippen LogP contribution in [0.5, 0.6) is 0 Å². The van der Waals surface area contributed by atoms with E-state index in [1.807, 2.05) is 0 Å². The minimum absolute atomic E-state index is 0.106. The summed E-state index contributed by atoms with van der Waals surface area (Å²) in [6.07, 6.45) is 0. The Labute approximate surface area is 104 Å². The molecule has 0 atom stereocenters. The second-order valence-corrected chi connectivity index (χ2v) is 4.61. The van der Waals surface area contributed by atoms with Gasteiger partial charge in [0.2, 0.25) is 0 Å². The maximum Gasteiger partial charge on any atom is 0.334 e. The van der Waals surface area contributed by atoms with Crippen molar-refractivity contribution in [1.29, 1.82) is 0 Å². The van der Waals surface area contributed by atoms with Crippen LogP contribution < -0.4 is 11.2 Å². The molecule has 0 amide bonds.